The molecule has 1 heterocycles. The van der Waals surface area contributed by atoms with Crippen LogP contribution in [0.2, 0.25) is 0 Å². The van der Waals surface area contributed by atoms with Gasteiger partial charge in [-0.3, -0.25) is 14.6 Å². The van der Waals surface area contributed by atoms with Crippen LogP contribution in [0.15, 0.2) is 66.9 Å². The van der Waals surface area contributed by atoms with Crippen molar-refractivity contribution in [3.63, 3.8) is 0 Å². The average molecular weight is 359 g/mol. The highest BCUT2D eigenvalue weighted by atomic mass is 16.2. The Balaban J connectivity index is 1.65. The Bertz CT molecular complexity index is 948. The zero-order valence-electron chi connectivity index (χ0n) is 15.3. The molecule has 2 aromatic carbocycles. The maximum Gasteiger partial charge on any atom is 0.274 e. The third-order valence-corrected chi connectivity index (χ3v) is 4.14. The molecule has 5 nitrogen and oxygen atoms in total. The number of hydrogen-bond acceptors (Lipinski definition) is 3. The second kappa shape index (κ2) is 8.27. The van der Waals surface area contributed by atoms with E-state index in [0.717, 1.165) is 11.1 Å². The maximum absolute atomic E-state index is 12.4. The lowest BCUT2D eigenvalue weighted by Gasteiger charge is -2.08. The van der Waals surface area contributed by atoms with Gasteiger partial charge in [0, 0.05) is 24.0 Å². The molecule has 0 aliphatic rings. The first-order valence-electron chi connectivity index (χ1n) is 8.69. The average Bonchev–Trinajstić information content (AvgIpc) is 2.69. The van der Waals surface area contributed by atoms with Gasteiger partial charge in [-0.1, -0.05) is 47.5 Å². The number of aromatic nitrogens is 1. The molecule has 0 saturated carbocycles. The van der Waals surface area contributed by atoms with Crippen LogP contribution in [0.4, 0.5) is 5.69 Å². The molecule has 1 aromatic heterocycles. The van der Waals surface area contributed by atoms with E-state index in [9.17, 15) is 9.59 Å². The van der Waals surface area contributed by atoms with Gasteiger partial charge in [0.15, 0.2) is 0 Å². The van der Waals surface area contributed by atoms with Gasteiger partial charge in [-0.15, -0.1) is 0 Å². The van der Waals surface area contributed by atoms with Crippen molar-refractivity contribution in [2.45, 2.75) is 20.4 Å². The molecule has 0 bridgehead atoms. The first-order valence-corrected chi connectivity index (χ1v) is 8.69. The molecule has 0 fully saturated rings. The summed E-state index contributed by atoms with van der Waals surface area (Å²) in [7, 11) is 0. The molecule has 5 heteroatoms. The van der Waals surface area contributed by atoms with E-state index in [1.54, 1.807) is 6.07 Å². The van der Waals surface area contributed by atoms with Crippen molar-refractivity contribution >= 4 is 17.5 Å². The molecule has 136 valence electrons. The molecular formula is C22H21N3O2. The molecule has 0 atom stereocenters. The molecule has 0 spiro atoms. The van der Waals surface area contributed by atoms with Crippen LogP contribution in [0.1, 0.15) is 37.5 Å². The number of nitrogens with one attached hydrogen (secondary N) is 2. The van der Waals surface area contributed by atoms with E-state index in [1.165, 1.54) is 17.8 Å². The Hall–Kier alpha value is -3.47. The zero-order valence-corrected chi connectivity index (χ0v) is 15.3. The summed E-state index contributed by atoms with van der Waals surface area (Å²) in [6.07, 6.45) is 1.46. The summed E-state index contributed by atoms with van der Waals surface area (Å²) in [6.45, 7) is 4.42. The van der Waals surface area contributed by atoms with Gasteiger partial charge < -0.3 is 10.6 Å². The van der Waals surface area contributed by atoms with Gasteiger partial charge in [-0.2, -0.15) is 0 Å². The number of benzene rings is 2. The first kappa shape index (κ1) is 18.3. The molecule has 0 saturated heterocycles. The van der Waals surface area contributed by atoms with E-state index in [0.29, 0.717) is 17.8 Å². The van der Waals surface area contributed by atoms with Gasteiger partial charge in [-0.05, 0) is 43.7 Å². The molecule has 3 aromatic rings. The molecule has 0 unspecified atom stereocenters. The monoisotopic (exact) mass is 359 g/mol. The molecule has 0 aliphatic carbocycles. The summed E-state index contributed by atoms with van der Waals surface area (Å²) in [4.78, 5) is 28.8. The lowest BCUT2D eigenvalue weighted by Crippen LogP contribution is -2.23. The highest BCUT2D eigenvalue weighted by molar-refractivity contribution is 6.04. The summed E-state index contributed by atoms with van der Waals surface area (Å²) in [5, 5.41) is 5.64. The number of anilines is 1. The Morgan fingerprint density at radius 1 is 0.852 bits per heavy atom. The van der Waals surface area contributed by atoms with Gasteiger partial charge in [0.25, 0.3) is 11.8 Å². The summed E-state index contributed by atoms with van der Waals surface area (Å²) < 4.78 is 0. The summed E-state index contributed by atoms with van der Waals surface area (Å²) in [5.74, 6) is -0.602. The first-order chi connectivity index (χ1) is 13.0. The highest BCUT2D eigenvalue weighted by Crippen LogP contribution is 2.11. The summed E-state index contributed by atoms with van der Waals surface area (Å²) in [5.41, 5.74) is 4.56. The molecular weight excluding hydrogens is 338 g/mol. The normalized spacial score (nSPS) is 10.3. The van der Waals surface area contributed by atoms with Gasteiger partial charge in [-0.25, -0.2) is 0 Å². The van der Waals surface area contributed by atoms with Crippen molar-refractivity contribution in [1.29, 1.82) is 0 Å². The Morgan fingerprint density at radius 3 is 2.15 bits per heavy atom. The number of hydrogen-bond donors (Lipinski definition) is 2. The quantitative estimate of drug-likeness (QED) is 0.726. The number of pyridine rings is 1. The van der Waals surface area contributed by atoms with Crippen molar-refractivity contribution in [3.05, 3.63) is 94.8 Å². The van der Waals surface area contributed by atoms with E-state index in [4.69, 9.17) is 0 Å². The fraction of sp³-hybridized carbons (Fsp3) is 0.136. The van der Waals surface area contributed by atoms with Crippen LogP contribution < -0.4 is 10.6 Å². The molecule has 0 radical (unpaired) electrons. The largest absolute Gasteiger partial charge is 0.348 e. The standard InChI is InChI=1S/C22H21N3O2/c1-15-3-7-17(8-4-15)14-24-21(26)18-11-12-23-20(13-18)22(27)25-19-9-5-16(2)6-10-19/h3-13H,14H2,1-2H3,(H,24,26)(H,25,27). The van der Waals surface area contributed by atoms with E-state index in [-0.39, 0.29) is 17.5 Å². The topological polar surface area (TPSA) is 71.1 Å². The van der Waals surface area contributed by atoms with Crippen molar-refractivity contribution in [3.8, 4) is 0 Å². The minimum atomic E-state index is -0.355. The predicted molar refractivity (Wildman–Crippen MR) is 106 cm³/mol. The van der Waals surface area contributed by atoms with Crippen molar-refractivity contribution < 1.29 is 9.59 Å². The van der Waals surface area contributed by atoms with E-state index in [2.05, 4.69) is 15.6 Å². The van der Waals surface area contributed by atoms with Crippen LogP contribution in [0.5, 0.6) is 0 Å². The number of aryl methyl sites for hydroxylation is 2. The summed E-state index contributed by atoms with van der Waals surface area (Å²) >= 11 is 0. The minimum Gasteiger partial charge on any atom is -0.348 e. The minimum absolute atomic E-state index is 0.193. The zero-order chi connectivity index (χ0) is 19.2. The number of nitrogens with zero attached hydrogens (tertiary/aromatic N) is 1. The fourth-order valence-corrected chi connectivity index (χ4v) is 2.52. The van der Waals surface area contributed by atoms with E-state index < -0.39 is 0 Å². The number of rotatable bonds is 5. The van der Waals surface area contributed by atoms with E-state index >= 15 is 0 Å². The molecule has 2 amide bonds. The number of carbonyl (C=O) groups is 2. The molecule has 2 N–H and O–H groups in total. The van der Waals surface area contributed by atoms with Crippen LogP contribution in [0.25, 0.3) is 0 Å². The van der Waals surface area contributed by atoms with E-state index in [1.807, 2.05) is 62.4 Å². The number of carbonyl (C=O) groups excluding carboxylic acids is 2. The fourth-order valence-electron chi connectivity index (χ4n) is 2.52. The van der Waals surface area contributed by atoms with Gasteiger partial charge >= 0.3 is 0 Å². The van der Waals surface area contributed by atoms with Crippen molar-refractivity contribution in [2.24, 2.45) is 0 Å². The smallest absolute Gasteiger partial charge is 0.274 e. The Kier molecular flexibility index (Phi) is 5.61. The molecule has 27 heavy (non-hydrogen) atoms. The van der Waals surface area contributed by atoms with Gasteiger partial charge in [0.05, 0.1) is 0 Å². The van der Waals surface area contributed by atoms with Crippen LogP contribution in [-0.4, -0.2) is 16.8 Å². The van der Waals surface area contributed by atoms with Crippen LogP contribution in [0, 0.1) is 13.8 Å². The molecule has 0 aliphatic heterocycles. The Morgan fingerprint density at radius 2 is 1.48 bits per heavy atom. The van der Waals surface area contributed by atoms with Crippen LogP contribution in [-0.2, 0) is 6.54 Å². The van der Waals surface area contributed by atoms with Gasteiger partial charge in [0.1, 0.15) is 5.69 Å². The van der Waals surface area contributed by atoms with Crippen molar-refractivity contribution in [2.75, 3.05) is 5.32 Å². The summed E-state index contributed by atoms with van der Waals surface area (Å²) in [6, 6.07) is 18.5. The highest BCUT2D eigenvalue weighted by Gasteiger charge is 2.12. The third kappa shape index (κ3) is 5.01. The lowest BCUT2D eigenvalue weighted by molar-refractivity contribution is 0.0951. The third-order valence-electron chi connectivity index (χ3n) is 4.14. The number of amides is 2. The van der Waals surface area contributed by atoms with Gasteiger partial charge in [0.2, 0.25) is 0 Å². The second-order valence-electron chi connectivity index (χ2n) is 6.42. The second-order valence-corrected chi connectivity index (χ2v) is 6.42. The van der Waals surface area contributed by atoms with Crippen molar-refractivity contribution in [1.82, 2.24) is 10.3 Å². The van der Waals surface area contributed by atoms with Crippen LogP contribution >= 0.6 is 0 Å². The molecule has 3 rings (SSSR count). The maximum atomic E-state index is 12.4. The SMILES string of the molecule is Cc1ccc(CNC(=O)c2ccnc(C(=O)Nc3ccc(C)cc3)c2)cc1. The Labute approximate surface area is 158 Å². The lowest BCUT2D eigenvalue weighted by atomic mass is 10.1. The predicted octanol–water partition coefficient (Wildman–Crippen LogP) is 3.88. The van der Waals surface area contributed by atoms with Crippen LogP contribution in [0.3, 0.4) is 0 Å².